The molecule has 0 fully saturated rings. The molecular weight excluding hydrogens is 611 g/mol. The topological polar surface area (TPSA) is 85.0 Å². The van der Waals surface area contributed by atoms with E-state index >= 15 is 0 Å². The lowest BCUT2D eigenvalue weighted by Crippen LogP contribution is -2.21. The van der Waals surface area contributed by atoms with Crippen LogP contribution in [-0.2, 0) is 11.0 Å². The molecule has 0 aliphatic carbocycles. The number of rotatable bonds is 5. The second-order valence-electron chi connectivity index (χ2n) is 7.55. The van der Waals surface area contributed by atoms with Crippen molar-refractivity contribution in [3.05, 3.63) is 96.4 Å². The molecule has 12 heteroatoms. The number of nitrogens with zero attached hydrogens (tertiary/aromatic N) is 3. The molecule has 184 valence electrons. The first-order chi connectivity index (χ1) is 17.0. The van der Waals surface area contributed by atoms with Crippen LogP contribution in [0.2, 0.25) is 0 Å². The van der Waals surface area contributed by atoms with Gasteiger partial charge in [-0.1, -0.05) is 18.2 Å². The highest BCUT2D eigenvalue weighted by molar-refractivity contribution is 9.11. The van der Waals surface area contributed by atoms with Crippen molar-refractivity contribution in [3.8, 4) is 11.5 Å². The maximum atomic E-state index is 13.0. The van der Waals surface area contributed by atoms with Crippen molar-refractivity contribution in [2.45, 2.75) is 13.1 Å². The van der Waals surface area contributed by atoms with E-state index < -0.39 is 22.4 Å². The fourth-order valence-electron chi connectivity index (χ4n) is 3.39. The summed E-state index contributed by atoms with van der Waals surface area (Å²) < 4.78 is 45.3. The minimum Gasteiger partial charge on any atom is -0.448 e. The molecule has 4 rings (SSSR count). The SMILES string of the molecule is CC1=NN(c2ccccc2)C(=O)/C1=C/c1cc(Br)c(Oc2ccc(C(F)(F)F)cc2[N+](=O)[O-])c(Br)c1. The van der Waals surface area contributed by atoms with Crippen molar-refractivity contribution in [1.29, 1.82) is 0 Å². The third kappa shape index (κ3) is 5.19. The molecule has 7 nitrogen and oxygen atoms in total. The Bertz CT molecular complexity index is 1420. The molecule has 0 saturated heterocycles. The number of carbonyl (C=O) groups excluding carboxylic acids is 1. The van der Waals surface area contributed by atoms with E-state index in [1.807, 2.05) is 6.07 Å². The van der Waals surface area contributed by atoms with Crippen molar-refractivity contribution < 1.29 is 27.6 Å². The van der Waals surface area contributed by atoms with Gasteiger partial charge in [-0.3, -0.25) is 14.9 Å². The van der Waals surface area contributed by atoms with E-state index in [-0.39, 0.29) is 17.4 Å². The summed E-state index contributed by atoms with van der Waals surface area (Å²) in [5, 5.41) is 17.0. The van der Waals surface area contributed by atoms with Crippen LogP contribution in [0.1, 0.15) is 18.1 Å². The van der Waals surface area contributed by atoms with Crippen molar-refractivity contribution >= 4 is 60.9 Å². The largest absolute Gasteiger partial charge is 0.448 e. The van der Waals surface area contributed by atoms with Gasteiger partial charge >= 0.3 is 11.9 Å². The summed E-state index contributed by atoms with van der Waals surface area (Å²) in [6.45, 7) is 1.71. The highest BCUT2D eigenvalue weighted by Gasteiger charge is 2.34. The molecule has 36 heavy (non-hydrogen) atoms. The summed E-state index contributed by atoms with van der Waals surface area (Å²) in [6.07, 6.45) is -3.11. The summed E-state index contributed by atoms with van der Waals surface area (Å²) in [4.78, 5) is 23.4. The molecule has 3 aromatic carbocycles. The minimum atomic E-state index is -4.74. The van der Waals surface area contributed by atoms with Crippen LogP contribution < -0.4 is 9.75 Å². The number of para-hydroxylation sites is 1. The van der Waals surface area contributed by atoms with E-state index in [2.05, 4.69) is 37.0 Å². The number of benzene rings is 3. The Morgan fingerprint density at radius 3 is 2.28 bits per heavy atom. The van der Waals surface area contributed by atoms with Gasteiger partial charge in [0.2, 0.25) is 5.75 Å². The lowest BCUT2D eigenvalue weighted by Gasteiger charge is -2.13. The summed E-state index contributed by atoms with van der Waals surface area (Å²) in [5.41, 5.74) is 0.0792. The number of ether oxygens (including phenoxy) is 1. The smallest absolute Gasteiger partial charge is 0.416 e. The maximum absolute atomic E-state index is 13.0. The van der Waals surface area contributed by atoms with E-state index in [0.29, 0.717) is 43.6 Å². The third-order valence-corrected chi connectivity index (χ3v) is 6.27. The Labute approximate surface area is 219 Å². The van der Waals surface area contributed by atoms with Crippen LogP contribution >= 0.6 is 31.9 Å². The number of alkyl halides is 3. The van der Waals surface area contributed by atoms with Crippen LogP contribution in [0.5, 0.6) is 11.5 Å². The maximum Gasteiger partial charge on any atom is 0.416 e. The molecule has 1 aliphatic heterocycles. The fraction of sp³-hybridized carbons (Fsp3) is 0.0833. The number of halogens is 5. The fourth-order valence-corrected chi connectivity index (χ4v) is 4.77. The molecular formula is C24H14Br2F3N3O4. The summed E-state index contributed by atoms with van der Waals surface area (Å²) in [6, 6.07) is 14.2. The highest BCUT2D eigenvalue weighted by atomic mass is 79.9. The number of nitro groups is 1. The zero-order valence-corrected chi connectivity index (χ0v) is 21.4. The van der Waals surface area contributed by atoms with Crippen LogP contribution in [0, 0.1) is 10.1 Å². The zero-order valence-electron chi connectivity index (χ0n) is 18.2. The Morgan fingerprint density at radius 2 is 1.69 bits per heavy atom. The van der Waals surface area contributed by atoms with E-state index in [4.69, 9.17) is 4.74 Å². The van der Waals surface area contributed by atoms with Crippen molar-refractivity contribution in [3.63, 3.8) is 0 Å². The number of hydrogen-bond acceptors (Lipinski definition) is 5. The highest BCUT2D eigenvalue weighted by Crippen LogP contribution is 2.43. The number of hydrazone groups is 1. The molecule has 0 N–H and O–H groups in total. The first-order valence-electron chi connectivity index (χ1n) is 10.1. The van der Waals surface area contributed by atoms with Gasteiger partial charge in [-0.25, -0.2) is 0 Å². The molecule has 0 saturated carbocycles. The second-order valence-corrected chi connectivity index (χ2v) is 9.26. The van der Waals surface area contributed by atoms with Gasteiger partial charge in [0.25, 0.3) is 5.91 Å². The molecule has 0 spiro atoms. The van der Waals surface area contributed by atoms with E-state index in [0.717, 1.165) is 6.07 Å². The van der Waals surface area contributed by atoms with Crippen molar-refractivity contribution in [2.75, 3.05) is 5.01 Å². The Kier molecular flexibility index (Phi) is 7.01. The molecule has 0 radical (unpaired) electrons. The molecule has 0 bridgehead atoms. The van der Waals surface area contributed by atoms with Crippen LogP contribution in [0.15, 0.2) is 80.3 Å². The zero-order chi connectivity index (χ0) is 26.2. The van der Waals surface area contributed by atoms with Crippen LogP contribution in [0.4, 0.5) is 24.5 Å². The van der Waals surface area contributed by atoms with Crippen molar-refractivity contribution in [2.24, 2.45) is 5.10 Å². The summed E-state index contributed by atoms with van der Waals surface area (Å²) in [5.74, 6) is -0.575. The van der Waals surface area contributed by atoms with E-state index in [1.54, 1.807) is 49.4 Å². The van der Waals surface area contributed by atoms with Crippen LogP contribution in [0.25, 0.3) is 6.08 Å². The summed E-state index contributed by atoms with van der Waals surface area (Å²) >= 11 is 6.66. The van der Waals surface area contributed by atoms with Gasteiger partial charge in [-0.15, -0.1) is 0 Å². The predicted molar refractivity (Wildman–Crippen MR) is 135 cm³/mol. The molecule has 0 atom stereocenters. The Balaban J connectivity index is 1.65. The number of carbonyl (C=O) groups is 1. The number of nitro benzene ring substituents is 1. The monoisotopic (exact) mass is 623 g/mol. The number of anilines is 1. The normalized spacial score (nSPS) is 14.8. The van der Waals surface area contributed by atoms with Gasteiger partial charge in [0, 0.05) is 6.07 Å². The van der Waals surface area contributed by atoms with Gasteiger partial charge in [0.15, 0.2) is 5.75 Å². The van der Waals surface area contributed by atoms with Gasteiger partial charge in [-0.2, -0.15) is 23.3 Å². The Hall–Kier alpha value is -3.51. The average molecular weight is 625 g/mol. The Morgan fingerprint density at radius 1 is 1.06 bits per heavy atom. The van der Waals surface area contributed by atoms with Gasteiger partial charge in [0.1, 0.15) is 0 Å². The van der Waals surface area contributed by atoms with Crippen LogP contribution in [-0.4, -0.2) is 16.5 Å². The first kappa shape index (κ1) is 25.6. The molecule has 1 aliphatic rings. The molecule has 1 heterocycles. The summed E-state index contributed by atoms with van der Waals surface area (Å²) in [7, 11) is 0. The average Bonchev–Trinajstić information content (AvgIpc) is 3.09. The van der Waals surface area contributed by atoms with Crippen molar-refractivity contribution in [1.82, 2.24) is 0 Å². The second kappa shape index (κ2) is 9.86. The number of hydrogen-bond donors (Lipinski definition) is 0. The lowest BCUT2D eigenvalue weighted by atomic mass is 10.1. The molecule has 0 aromatic heterocycles. The molecule has 1 amide bonds. The molecule has 0 unspecified atom stereocenters. The quantitative estimate of drug-likeness (QED) is 0.165. The standard InChI is InChI=1S/C24H14Br2F3N3O4/c1-13-17(23(33)31(30-13)16-5-3-2-4-6-16)9-14-10-18(25)22(19(26)11-14)36-21-8-7-15(24(27,28)29)12-20(21)32(34)35/h2-12H,1H3/b17-9+. The third-order valence-electron chi connectivity index (χ3n) is 5.09. The first-order valence-corrected chi connectivity index (χ1v) is 11.7. The predicted octanol–water partition coefficient (Wildman–Crippen LogP) is 7.74. The van der Waals surface area contributed by atoms with E-state index in [1.165, 1.54) is 5.01 Å². The van der Waals surface area contributed by atoms with Gasteiger partial charge in [0.05, 0.1) is 36.4 Å². The lowest BCUT2D eigenvalue weighted by molar-refractivity contribution is -0.385. The van der Waals surface area contributed by atoms with Gasteiger partial charge in [-0.05, 0) is 86.8 Å². The molecule has 3 aromatic rings. The minimum absolute atomic E-state index is 0.106. The van der Waals surface area contributed by atoms with E-state index in [9.17, 15) is 28.1 Å². The van der Waals surface area contributed by atoms with Gasteiger partial charge < -0.3 is 4.74 Å². The van der Waals surface area contributed by atoms with Crippen LogP contribution in [0.3, 0.4) is 0 Å². The number of amides is 1.